The summed E-state index contributed by atoms with van der Waals surface area (Å²) in [6, 6.07) is 30.4. The average Bonchev–Trinajstić information content (AvgIpc) is 3.09. The van der Waals surface area contributed by atoms with Crippen LogP contribution in [0.4, 0.5) is 0 Å². The Kier molecular flexibility index (Phi) is 11.2. The molecule has 0 saturated heterocycles. The van der Waals surface area contributed by atoms with E-state index in [4.69, 9.17) is 0 Å². The first-order valence-electron chi connectivity index (χ1n) is 16.5. The molecule has 2 aromatic carbocycles. The Balaban J connectivity index is 1.15. The summed E-state index contributed by atoms with van der Waals surface area (Å²) in [4.78, 5) is 4.69. The molecular weight excluding hydrogens is 560 g/mol. The Labute approximate surface area is 275 Å². The fourth-order valence-corrected chi connectivity index (χ4v) is 5.76. The summed E-state index contributed by atoms with van der Waals surface area (Å²) in [5, 5.41) is 0. The van der Waals surface area contributed by atoms with Crippen LogP contribution in [-0.4, -0.2) is 12.8 Å². The summed E-state index contributed by atoms with van der Waals surface area (Å²) in [5.74, 6) is 0.948. The number of aromatic nitrogens is 3. The second kappa shape index (κ2) is 15.9. The fourth-order valence-electron chi connectivity index (χ4n) is 5.76. The molecule has 0 aliphatic rings. The number of hydrogen-bond acceptors (Lipinski definition) is 1. The Hall–Kier alpha value is -4.96. The summed E-state index contributed by atoms with van der Waals surface area (Å²) in [5.41, 5.74) is 9.92. The molecule has 4 nitrogen and oxygen atoms in total. The zero-order chi connectivity index (χ0) is 32.3. The molecule has 5 aromatic rings. The monoisotopic (exact) mass is 607 g/mol. The van der Waals surface area contributed by atoms with E-state index in [9.17, 15) is 0 Å². The molecule has 0 N–H and O–H groups in total. The Morgan fingerprint density at radius 3 is 1.67 bits per heavy atom. The van der Waals surface area contributed by atoms with E-state index in [1.807, 2.05) is 6.21 Å². The maximum Gasteiger partial charge on any atom is 0.214 e. The molecule has 5 rings (SSSR count). The van der Waals surface area contributed by atoms with Gasteiger partial charge in [0.1, 0.15) is 6.54 Å². The van der Waals surface area contributed by atoms with Crippen LogP contribution < -0.4 is 13.7 Å². The van der Waals surface area contributed by atoms with Crippen LogP contribution in [0, 0.1) is 0 Å². The first-order valence-corrected chi connectivity index (χ1v) is 16.5. The highest BCUT2D eigenvalue weighted by molar-refractivity contribution is 5.88. The van der Waals surface area contributed by atoms with Crippen molar-refractivity contribution in [3.63, 3.8) is 0 Å². The molecule has 0 fully saturated rings. The Morgan fingerprint density at radius 1 is 0.652 bits per heavy atom. The highest BCUT2D eigenvalue weighted by Gasteiger charge is 2.16. The highest BCUT2D eigenvalue weighted by atomic mass is 14.9. The molecule has 3 aromatic heterocycles. The van der Waals surface area contributed by atoms with E-state index in [1.54, 1.807) is 0 Å². The minimum absolute atomic E-state index is 0.470. The summed E-state index contributed by atoms with van der Waals surface area (Å²) in [6.07, 6.45) is 22.2. The van der Waals surface area contributed by atoms with E-state index in [1.165, 1.54) is 39.2 Å². The lowest BCUT2D eigenvalue weighted by molar-refractivity contribution is -0.697. The number of benzene rings is 2. The standard InChI is InChI=1S/C42H47N4/c1-6-12-35(37-20-29-45(30-21-37)41-15-9-7-13-39(41)33(2)3)17-25-43-24-11-26-44-27-18-36(19-28-44)38-22-31-46(32-23-38)42-16-10-8-14-40(42)34(4)5/h6-10,12-23,25,27-34H,11,24,26H2,1-5H3/q+3/b12-6-,35-17+,43-25?. The average molecular weight is 608 g/mol. The van der Waals surface area contributed by atoms with Gasteiger partial charge in [-0.2, -0.15) is 9.13 Å². The van der Waals surface area contributed by atoms with Gasteiger partial charge in [-0.1, -0.05) is 76.2 Å². The van der Waals surface area contributed by atoms with E-state index >= 15 is 0 Å². The zero-order valence-corrected chi connectivity index (χ0v) is 27.9. The molecule has 0 aliphatic heterocycles. The number of nitrogens with zero attached hydrogens (tertiary/aromatic N) is 4. The first kappa shape index (κ1) is 32.4. The summed E-state index contributed by atoms with van der Waals surface area (Å²) >= 11 is 0. The van der Waals surface area contributed by atoms with Crippen LogP contribution in [-0.2, 0) is 6.54 Å². The molecule has 0 saturated carbocycles. The van der Waals surface area contributed by atoms with Crippen molar-refractivity contribution in [3.8, 4) is 22.5 Å². The molecule has 0 bridgehead atoms. The first-order chi connectivity index (χ1) is 22.4. The van der Waals surface area contributed by atoms with Crippen molar-refractivity contribution in [2.45, 2.75) is 59.4 Å². The predicted octanol–water partition coefficient (Wildman–Crippen LogP) is 8.56. The van der Waals surface area contributed by atoms with Crippen LogP contribution in [0.15, 0.2) is 145 Å². The third-order valence-corrected chi connectivity index (χ3v) is 8.30. The van der Waals surface area contributed by atoms with Gasteiger partial charge in [-0.05, 0) is 47.1 Å². The van der Waals surface area contributed by atoms with Crippen LogP contribution in [0.2, 0.25) is 0 Å². The zero-order valence-electron chi connectivity index (χ0n) is 27.9. The minimum Gasteiger partial charge on any atom is -0.293 e. The van der Waals surface area contributed by atoms with Gasteiger partial charge >= 0.3 is 0 Å². The lowest BCUT2D eigenvalue weighted by atomic mass is 10.0. The molecule has 46 heavy (non-hydrogen) atoms. The summed E-state index contributed by atoms with van der Waals surface area (Å²) in [6.45, 7) is 12.7. The molecule has 0 spiro atoms. The van der Waals surface area contributed by atoms with Crippen molar-refractivity contribution in [2.75, 3.05) is 6.54 Å². The van der Waals surface area contributed by atoms with E-state index < -0.39 is 0 Å². The molecule has 0 radical (unpaired) electrons. The smallest absolute Gasteiger partial charge is 0.214 e. The second-order valence-electron chi connectivity index (χ2n) is 12.3. The van der Waals surface area contributed by atoms with Crippen LogP contribution in [0.25, 0.3) is 28.1 Å². The van der Waals surface area contributed by atoms with Gasteiger partial charge in [0.15, 0.2) is 37.2 Å². The number of allylic oxidation sites excluding steroid dienone is 4. The lowest BCUT2D eigenvalue weighted by Gasteiger charge is -2.08. The quantitative estimate of drug-likeness (QED) is 0.0587. The van der Waals surface area contributed by atoms with Crippen molar-refractivity contribution in [3.05, 3.63) is 157 Å². The number of rotatable bonds is 12. The van der Waals surface area contributed by atoms with Gasteiger partial charge in [0.2, 0.25) is 11.4 Å². The van der Waals surface area contributed by atoms with Crippen LogP contribution in [0.5, 0.6) is 0 Å². The van der Waals surface area contributed by atoms with Gasteiger partial charge in [-0.15, -0.1) is 0 Å². The van der Waals surface area contributed by atoms with Crippen molar-refractivity contribution < 1.29 is 13.7 Å². The third kappa shape index (κ3) is 8.19. The number of aliphatic imine (C=N–C) groups is 1. The minimum atomic E-state index is 0.470. The molecule has 0 unspecified atom stereocenters. The number of para-hydroxylation sites is 2. The number of pyridine rings is 3. The van der Waals surface area contributed by atoms with Gasteiger partial charge < -0.3 is 0 Å². The molecule has 3 heterocycles. The third-order valence-electron chi connectivity index (χ3n) is 8.30. The van der Waals surface area contributed by atoms with Gasteiger partial charge in [0, 0.05) is 78.8 Å². The Morgan fingerprint density at radius 2 is 1.15 bits per heavy atom. The van der Waals surface area contributed by atoms with Crippen molar-refractivity contribution in [2.24, 2.45) is 4.99 Å². The Bertz CT molecular complexity index is 1790. The van der Waals surface area contributed by atoms with Gasteiger partial charge in [0.05, 0.1) is 0 Å². The van der Waals surface area contributed by atoms with Crippen molar-refractivity contribution >= 4 is 11.8 Å². The van der Waals surface area contributed by atoms with Gasteiger partial charge in [0.25, 0.3) is 0 Å². The van der Waals surface area contributed by atoms with Crippen LogP contribution in [0.1, 0.15) is 69.6 Å². The normalized spacial score (nSPS) is 12.2. The lowest BCUT2D eigenvalue weighted by Crippen LogP contribution is -2.33. The molecule has 4 heteroatoms. The van der Waals surface area contributed by atoms with Crippen LogP contribution in [0.3, 0.4) is 0 Å². The topological polar surface area (TPSA) is 24.0 Å². The maximum atomic E-state index is 4.69. The van der Waals surface area contributed by atoms with Crippen LogP contribution >= 0.6 is 0 Å². The van der Waals surface area contributed by atoms with E-state index in [0.29, 0.717) is 11.8 Å². The number of hydrogen-bond donors (Lipinski definition) is 0. The van der Waals surface area contributed by atoms with Crippen molar-refractivity contribution in [1.29, 1.82) is 0 Å². The summed E-state index contributed by atoms with van der Waals surface area (Å²) in [7, 11) is 0. The van der Waals surface area contributed by atoms with Gasteiger partial charge in [-0.3, -0.25) is 4.99 Å². The predicted molar refractivity (Wildman–Crippen MR) is 191 cm³/mol. The van der Waals surface area contributed by atoms with Gasteiger partial charge in [-0.25, -0.2) is 4.57 Å². The van der Waals surface area contributed by atoms with E-state index in [2.05, 4.69) is 194 Å². The molecular formula is C42H47N4+3. The molecule has 0 atom stereocenters. The van der Waals surface area contributed by atoms with Crippen molar-refractivity contribution in [1.82, 2.24) is 0 Å². The van der Waals surface area contributed by atoms with E-state index in [-0.39, 0.29) is 0 Å². The fraction of sp³-hybridized carbons (Fsp3) is 0.238. The number of aryl methyl sites for hydroxylation is 1. The summed E-state index contributed by atoms with van der Waals surface area (Å²) < 4.78 is 6.65. The highest BCUT2D eigenvalue weighted by Crippen LogP contribution is 2.22. The maximum absolute atomic E-state index is 4.69. The molecule has 0 aliphatic carbocycles. The molecule has 0 amide bonds. The SMILES string of the molecule is C/C=C\C(=C/C=NCCC[n+]1ccc(-c2cc[n+](-c3ccccc3C(C)C)cc2)cc1)c1cc[n+](-c2ccccc2C(C)C)cc1. The van der Waals surface area contributed by atoms with E-state index in [0.717, 1.165) is 25.1 Å². The second-order valence-corrected chi connectivity index (χ2v) is 12.3. The largest absolute Gasteiger partial charge is 0.293 e. The molecule has 232 valence electrons.